The van der Waals surface area contributed by atoms with Crippen LogP contribution in [0.2, 0.25) is 0 Å². The van der Waals surface area contributed by atoms with Crippen molar-refractivity contribution in [1.29, 1.82) is 5.26 Å². The second-order valence-corrected chi connectivity index (χ2v) is 4.47. The zero-order chi connectivity index (χ0) is 15.5. The first-order chi connectivity index (χ1) is 9.16. The lowest BCUT2D eigenvalue weighted by atomic mass is 10.1. The maximum absolute atomic E-state index is 12.5. The highest BCUT2D eigenvalue weighted by molar-refractivity contribution is 5.84. The third-order valence-electron chi connectivity index (χ3n) is 2.65. The van der Waals surface area contributed by atoms with Gasteiger partial charge in [0.05, 0.1) is 16.8 Å². The molecule has 0 aliphatic carbocycles. The third-order valence-corrected chi connectivity index (χ3v) is 2.65. The fourth-order valence-electron chi connectivity index (χ4n) is 1.62. The zero-order valence-electron chi connectivity index (χ0n) is 11.2. The lowest BCUT2D eigenvalue weighted by Crippen LogP contribution is -2.36. The van der Waals surface area contributed by atoms with Crippen molar-refractivity contribution in [3.63, 3.8) is 0 Å². The Morgan fingerprint density at radius 3 is 2.45 bits per heavy atom. The maximum atomic E-state index is 12.5. The highest BCUT2D eigenvalue weighted by atomic mass is 19.4. The molecule has 1 unspecified atom stereocenters. The van der Waals surface area contributed by atoms with Crippen molar-refractivity contribution in [2.45, 2.75) is 19.1 Å². The van der Waals surface area contributed by atoms with Crippen molar-refractivity contribution in [2.24, 2.45) is 0 Å². The number of carbonyl (C=O) groups excluding carboxylic acids is 1. The van der Waals surface area contributed by atoms with Gasteiger partial charge in [-0.1, -0.05) is 0 Å². The first-order valence-electron chi connectivity index (χ1n) is 5.76. The summed E-state index contributed by atoms with van der Waals surface area (Å²) in [6.07, 6.45) is -4.50. The summed E-state index contributed by atoms with van der Waals surface area (Å²) in [6, 6.07) is 3.83. The molecule has 1 rings (SSSR count). The van der Waals surface area contributed by atoms with Crippen LogP contribution in [0.15, 0.2) is 18.2 Å². The van der Waals surface area contributed by atoms with Crippen LogP contribution in [0.5, 0.6) is 0 Å². The Hall–Kier alpha value is -2.23. The van der Waals surface area contributed by atoms with Crippen molar-refractivity contribution in [3.05, 3.63) is 29.3 Å². The van der Waals surface area contributed by atoms with Gasteiger partial charge in [0, 0.05) is 14.1 Å². The van der Waals surface area contributed by atoms with Crippen molar-refractivity contribution < 1.29 is 18.0 Å². The molecule has 0 spiro atoms. The molecule has 7 heteroatoms. The topological polar surface area (TPSA) is 56.1 Å². The summed E-state index contributed by atoms with van der Waals surface area (Å²) in [5, 5.41) is 11.7. The molecule has 0 aromatic heterocycles. The van der Waals surface area contributed by atoms with Gasteiger partial charge in [-0.2, -0.15) is 18.4 Å². The van der Waals surface area contributed by atoms with Gasteiger partial charge < -0.3 is 10.2 Å². The van der Waals surface area contributed by atoms with Crippen LogP contribution in [-0.4, -0.2) is 30.9 Å². The van der Waals surface area contributed by atoms with Crippen LogP contribution < -0.4 is 5.32 Å². The molecule has 0 fully saturated rings. The molecule has 4 nitrogen and oxygen atoms in total. The molecular weight excluding hydrogens is 271 g/mol. The quantitative estimate of drug-likeness (QED) is 0.928. The number of halogens is 3. The summed E-state index contributed by atoms with van der Waals surface area (Å²) in [5.74, 6) is -0.242. The molecule has 0 saturated heterocycles. The monoisotopic (exact) mass is 285 g/mol. The van der Waals surface area contributed by atoms with Gasteiger partial charge in [-0.15, -0.1) is 0 Å². The van der Waals surface area contributed by atoms with Gasteiger partial charge in [0.25, 0.3) is 0 Å². The minimum Gasteiger partial charge on any atom is -0.373 e. The molecule has 0 aliphatic heterocycles. The van der Waals surface area contributed by atoms with Crippen LogP contribution in [0.1, 0.15) is 18.1 Å². The van der Waals surface area contributed by atoms with Crippen molar-refractivity contribution in [1.82, 2.24) is 4.90 Å². The summed E-state index contributed by atoms with van der Waals surface area (Å²) in [7, 11) is 3.14. The predicted octanol–water partition coefficient (Wildman–Crippen LogP) is 2.47. The van der Waals surface area contributed by atoms with Gasteiger partial charge in [-0.05, 0) is 25.1 Å². The first kappa shape index (κ1) is 15.8. The molecule has 1 atom stereocenters. The molecule has 0 aliphatic rings. The van der Waals surface area contributed by atoms with E-state index in [1.165, 1.54) is 4.90 Å². The van der Waals surface area contributed by atoms with E-state index < -0.39 is 17.8 Å². The normalized spacial score (nSPS) is 12.4. The van der Waals surface area contributed by atoms with Gasteiger partial charge >= 0.3 is 6.18 Å². The van der Waals surface area contributed by atoms with Gasteiger partial charge in [-0.3, -0.25) is 4.79 Å². The van der Waals surface area contributed by atoms with Crippen LogP contribution in [0, 0.1) is 11.3 Å². The highest BCUT2D eigenvalue weighted by Gasteiger charge is 2.31. The average molecular weight is 285 g/mol. The van der Waals surface area contributed by atoms with E-state index in [4.69, 9.17) is 5.26 Å². The number of nitrogens with one attached hydrogen (secondary N) is 1. The molecule has 20 heavy (non-hydrogen) atoms. The molecule has 0 bridgehead atoms. The molecule has 0 saturated carbocycles. The second-order valence-electron chi connectivity index (χ2n) is 4.47. The fourth-order valence-corrected chi connectivity index (χ4v) is 1.62. The Labute approximate surface area is 114 Å². The fraction of sp³-hybridized carbons (Fsp3) is 0.385. The number of nitrogens with zero attached hydrogens (tertiary/aromatic N) is 2. The van der Waals surface area contributed by atoms with Crippen LogP contribution in [-0.2, 0) is 11.0 Å². The van der Waals surface area contributed by atoms with Gasteiger partial charge in [0.2, 0.25) is 5.91 Å². The lowest BCUT2D eigenvalue weighted by molar-refractivity contribution is -0.137. The van der Waals surface area contributed by atoms with Crippen molar-refractivity contribution in [2.75, 3.05) is 19.4 Å². The molecule has 1 aromatic rings. The van der Waals surface area contributed by atoms with E-state index in [0.29, 0.717) is 0 Å². The minimum absolute atomic E-state index is 0.154. The highest BCUT2D eigenvalue weighted by Crippen LogP contribution is 2.31. The van der Waals surface area contributed by atoms with E-state index in [2.05, 4.69) is 5.32 Å². The number of benzene rings is 1. The van der Waals surface area contributed by atoms with Gasteiger partial charge in [-0.25, -0.2) is 0 Å². The molecule has 0 heterocycles. The standard InChI is InChI=1S/C13H14F3N3O/c1-8(12(20)19(2)3)18-11-5-4-10(13(14,15)16)6-9(11)7-17/h4-6,8,18H,1-3H3. The SMILES string of the molecule is CC(Nc1ccc(C(F)(F)F)cc1C#N)C(=O)N(C)C. The molecule has 108 valence electrons. The van der Waals surface area contributed by atoms with Crippen molar-refractivity contribution >= 4 is 11.6 Å². The van der Waals surface area contributed by atoms with E-state index in [9.17, 15) is 18.0 Å². The number of alkyl halides is 3. The average Bonchev–Trinajstić information content (AvgIpc) is 2.36. The Bertz CT molecular complexity index is 547. The van der Waals surface area contributed by atoms with E-state index in [-0.39, 0.29) is 17.2 Å². The van der Waals surface area contributed by atoms with E-state index in [0.717, 1.165) is 18.2 Å². The van der Waals surface area contributed by atoms with Crippen LogP contribution >= 0.6 is 0 Å². The van der Waals surface area contributed by atoms with Gasteiger partial charge in [0.15, 0.2) is 0 Å². The zero-order valence-corrected chi connectivity index (χ0v) is 11.2. The molecule has 1 aromatic carbocycles. The number of hydrogen-bond acceptors (Lipinski definition) is 3. The van der Waals surface area contributed by atoms with Crippen molar-refractivity contribution in [3.8, 4) is 6.07 Å². The lowest BCUT2D eigenvalue weighted by Gasteiger charge is -2.20. The molecule has 0 radical (unpaired) electrons. The molecule has 1 N–H and O–H groups in total. The second kappa shape index (κ2) is 5.82. The van der Waals surface area contributed by atoms with E-state index >= 15 is 0 Å². The maximum Gasteiger partial charge on any atom is 0.416 e. The Balaban J connectivity index is 3.04. The number of likely N-dealkylation sites (N-methyl/N-ethyl adjacent to an activating group) is 1. The largest absolute Gasteiger partial charge is 0.416 e. The summed E-state index contributed by atoms with van der Waals surface area (Å²) < 4.78 is 37.6. The minimum atomic E-state index is -4.50. The number of carbonyl (C=O) groups is 1. The summed E-state index contributed by atoms with van der Waals surface area (Å²) >= 11 is 0. The molecular formula is C13H14F3N3O. The summed E-state index contributed by atoms with van der Waals surface area (Å²) in [6.45, 7) is 1.57. The van der Waals surface area contributed by atoms with E-state index in [1.54, 1.807) is 27.1 Å². The number of nitriles is 1. The van der Waals surface area contributed by atoms with E-state index in [1.807, 2.05) is 0 Å². The Morgan fingerprint density at radius 1 is 1.40 bits per heavy atom. The Kier molecular flexibility index (Phi) is 4.61. The molecule has 1 amide bonds. The summed E-state index contributed by atoms with van der Waals surface area (Å²) in [5.41, 5.74) is -0.854. The third kappa shape index (κ3) is 3.63. The smallest absolute Gasteiger partial charge is 0.373 e. The number of anilines is 1. The number of amides is 1. The predicted molar refractivity (Wildman–Crippen MR) is 67.9 cm³/mol. The number of hydrogen-bond donors (Lipinski definition) is 1. The Morgan fingerprint density at radius 2 is 2.00 bits per heavy atom. The summed E-state index contributed by atoms with van der Waals surface area (Å²) in [4.78, 5) is 13.0. The van der Waals surface area contributed by atoms with Crippen LogP contribution in [0.3, 0.4) is 0 Å². The first-order valence-corrected chi connectivity index (χ1v) is 5.76. The van der Waals surface area contributed by atoms with Crippen LogP contribution in [0.4, 0.5) is 18.9 Å². The van der Waals surface area contributed by atoms with Crippen LogP contribution in [0.25, 0.3) is 0 Å². The number of rotatable bonds is 3. The van der Waals surface area contributed by atoms with Gasteiger partial charge in [0.1, 0.15) is 12.1 Å².